The number of halogens is 4. The van der Waals surface area contributed by atoms with Crippen LogP contribution in [0.25, 0.3) is 0 Å². The molecule has 12 heteroatoms. The Labute approximate surface area is 171 Å². The summed E-state index contributed by atoms with van der Waals surface area (Å²) in [5, 5.41) is 2.84. The van der Waals surface area contributed by atoms with Crippen molar-refractivity contribution in [1.29, 1.82) is 0 Å². The molecule has 2 heterocycles. The number of aromatic nitrogens is 1. The topological polar surface area (TPSA) is 102 Å². The van der Waals surface area contributed by atoms with Gasteiger partial charge in [-0.1, -0.05) is 11.6 Å². The van der Waals surface area contributed by atoms with Gasteiger partial charge >= 0.3 is 12.3 Å². The molecule has 0 saturated carbocycles. The monoisotopic (exact) mass is 437 g/mol. The van der Waals surface area contributed by atoms with Crippen molar-refractivity contribution in [1.82, 2.24) is 15.2 Å². The predicted molar refractivity (Wildman–Crippen MR) is 101 cm³/mol. The maximum absolute atomic E-state index is 12.6. The second kappa shape index (κ2) is 10.4. The van der Waals surface area contributed by atoms with E-state index in [1.165, 1.54) is 0 Å². The van der Waals surface area contributed by atoms with E-state index in [0.29, 0.717) is 38.7 Å². The van der Waals surface area contributed by atoms with Crippen LogP contribution in [0, 0.1) is 0 Å². The summed E-state index contributed by atoms with van der Waals surface area (Å²) in [4.78, 5) is 21.0. The lowest BCUT2D eigenvalue weighted by atomic mass is 10.1. The van der Waals surface area contributed by atoms with Crippen LogP contribution < -0.4 is 15.8 Å². The molecule has 0 bridgehead atoms. The highest BCUT2D eigenvalue weighted by Gasteiger charge is 2.31. The standard InChI is InChI=1S/C17H23ClF3N5O3/c1-2-28-16(27)26-6-3-12(4-7-26)25-15(22)23-5-8-29-14-13(18)9-11(10-24-14)17(19,20)21/h9-10,12H,2-8H2,1H3,(H3,22,23,25). The Kier molecular flexibility index (Phi) is 8.18. The van der Waals surface area contributed by atoms with Crippen LogP contribution in [0.5, 0.6) is 5.88 Å². The average molecular weight is 438 g/mol. The first-order valence-corrected chi connectivity index (χ1v) is 9.42. The van der Waals surface area contributed by atoms with Gasteiger partial charge in [-0.05, 0) is 25.8 Å². The zero-order chi connectivity index (χ0) is 21.4. The number of likely N-dealkylation sites (tertiary alicyclic amines) is 1. The minimum atomic E-state index is -4.52. The van der Waals surface area contributed by atoms with Crippen LogP contribution >= 0.6 is 11.6 Å². The van der Waals surface area contributed by atoms with Crippen molar-refractivity contribution < 1.29 is 27.4 Å². The highest BCUT2D eigenvalue weighted by molar-refractivity contribution is 6.31. The zero-order valence-corrected chi connectivity index (χ0v) is 16.6. The number of hydrogen-bond donors (Lipinski definition) is 2. The molecular formula is C17H23ClF3N5O3. The molecule has 3 N–H and O–H groups in total. The number of piperidine rings is 1. The van der Waals surface area contributed by atoms with Gasteiger partial charge in [0, 0.05) is 25.3 Å². The molecule has 1 aromatic heterocycles. The third-order valence-electron chi connectivity index (χ3n) is 4.12. The molecule has 8 nitrogen and oxygen atoms in total. The van der Waals surface area contributed by atoms with Crippen molar-refractivity contribution >= 4 is 23.7 Å². The summed E-state index contributed by atoms with van der Waals surface area (Å²) in [6.07, 6.45) is -2.78. The van der Waals surface area contributed by atoms with E-state index >= 15 is 0 Å². The number of carbonyl (C=O) groups excluding carboxylic acids is 1. The molecule has 0 spiro atoms. The summed E-state index contributed by atoms with van der Waals surface area (Å²) in [5.41, 5.74) is 4.89. The Morgan fingerprint density at radius 3 is 2.72 bits per heavy atom. The van der Waals surface area contributed by atoms with E-state index in [9.17, 15) is 18.0 Å². The van der Waals surface area contributed by atoms with E-state index in [0.717, 1.165) is 6.07 Å². The number of ether oxygens (including phenoxy) is 2. The summed E-state index contributed by atoms with van der Waals surface area (Å²) < 4.78 is 48.0. The fourth-order valence-electron chi connectivity index (χ4n) is 2.67. The van der Waals surface area contributed by atoms with Gasteiger partial charge in [-0.2, -0.15) is 13.2 Å². The van der Waals surface area contributed by atoms with Gasteiger partial charge in [-0.3, -0.25) is 0 Å². The molecule has 1 saturated heterocycles. The molecule has 1 aliphatic heterocycles. The third kappa shape index (κ3) is 7.15. The van der Waals surface area contributed by atoms with Crippen molar-refractivity contribution in [2.45, 2.75) is 32.0 Å². The van der Waals surface area contributed by atoms with Crippen LogP contribution in [-0.4, -0.2) is 60.8 Å². The number of pyridine rings is 1. The number of nitrogens with two attached hydrogens (primary N) is 1. The molecule has 2 rings (SSSR count). The van der Waals surface area contributed by atoms with Crippen molar-refractivity contribution in [2.24, 2.45) is 10.7 Å². The molecule has 0 unspecified atom stereocenters. The van der Waals surface area contributed by atoms with Gasteiger partial charge in [0.1, 0.15) is 11.6 Å². The van der Waals surface area contributed by atoms with Gasteiger partial charge in [-0.15, -0.1) is 0 Å². The fraction of sp³-hybridized carbons (Fsp3) is 0.588. The third-order valence-corrected chi connectivity index (χ3v) is 4.39. The molecule has 1 amide bonds. The minimum absolute atomic E-state index is 0.0434. The molecule has 0 aromatic carbocycles. The first-order chi connectivity index (χ1) is 13.7. The molecule has 162 valence electrons. The number of nitrogens with one attached hydrogen (secondary N) is 1. The van der Waals surface area contributed by atoms with E-state index in [4.69, 9.17) is 26.8 Å². The number of aliphatic imine (C=N–C) groups is 1. The second-order valence-corrected chi connectivity index (χ2v) is 6.64. The van der Waals surface area contributed by atoms with Crippen molar-refractivity contribution in [3.8, 4) is 5.88 Å². The van der Waals surface area contributed by atoms with Gasteiger partial charge < -0.3 is 25.4 Å². The van der Waals surface area contributed by atoms with E-state index < -0.39 is 11.7 Å². The number of alkyl halides is 3. The van der Waals surface area contributed by atoms with Crippen LogP contribution in [0.1, 0.15) is 25.3 Å². The lowest BCUT2D eigenvalue weighted by Crippen LogP contribution is -2.48. The maximum atomic E-state index is 12.6. The molecule has 1 fully saturated rings. The first-order valence-electron chi connectivity index (χ1n) is 9.04. The Bertz CT molecular complexity index is 725. The lowest BCUT2D eigenvalue weighted by Gasteiger charge is -2.31. The highest BCUT2D eigenvalue weighted by atomic mass is 35.5. The summed E-state index contributed by atoms with van der Waals surface area (Å²) >= 11 is 5.76. The predicted octanol–water partition coefficient (Wildman–Crippen LogP) is 2.66. The molecule has 0 atom stereocenters. The summed E-state index contributed by atoms with van der Waals surface area (Å²) in [5.74, 6) is 0.113. The number of carbonyl (C=O) groups is 1. The number of nitrogens with zero attached hydrogens (tertiary/aromatic N) is 3. The van der Waals surface area contributed by atoms with Gasteiger partial charge in [0.2, 0.25) is 5.88 Å². The van der Waals surface area contributed by atoms with Crippen LogP contribution in [0.4, 0.5) is 18.0 Å². The highest BCUT2D eigenvalue weighted by Crippen LogP contribution is 2.33. The molecule has 0 radical (unpaired) electrons. The average Bonchev–Trinajstić information content (AvgIpc) is 2.66. The molecular weight excluding hydrogens is 415 g/mol. The van der Waals surface area contributed by atoms with Crippen molar-refractivity contribution in [2.75, 3.05) is 32.8 Å². The summed E-state index contributed by atoms with van der Waals surface area (Å²) in [7, 11) is 0. The normalized spacial score (nSPS) is 15.9. The Morgan fingerprint density at radius 2 is 2.14 bits per heavy atom. The molecule has 29 heavy (non-hydrogen) atoms. The second-order valence-electron chi connectivity index (χ2n) is 6.23. The van der Waals surface area contributed by atoms with E-state index in [1.54, 1.807) is 11.8 Å². The van der Waals surface area contributed by atoms with Crippen molar-refractivity contribution in [3.05, 3.63) is 22.8 Å². The molecule has 0 aliphatic carbocycles. The van der Waals surface area contributed by atoms with E-state index in [1.807, 2.05) is 0 Å². The van der Waals surface area contributed by atoms with E-state index in [2.05, 4.69) is 15.3 Å². The quantitative estimate of drug-likeness (QED) is 0.403. The van der Waals surface area contributed by atoms with Gasteiger partial charge in [-0.25, -0.2) is 14.8 Å². The first kappa shape index (κ1) is 22.9. The number of rotatable bonds is 6. The maximum Gasteiger partial charge on any atom is 0.417 e. The van der Waals surface area contributed by atoms with Crippen LogP contribution in [0.2, 0.25) is 5.02 Å². The fourth-order valence-corrected chi connectivity index (χ4v) is 2.89. The molecule has 1 aliphatic rings. The van der Waals surface area contributed by atoms with Crippen LogP contribution in [0.15, 0.2) is 17.3 Å². The van der Waals surface area contributed by atoms with Gasteiger partial charge in [0.15, 0.2) is 5.96 Å². The van der Waals surface area contributed by atoms with Crippen LogP contribution in [0.3, 0.4) is 0 Å². The Morgan fingerprint density at radius 1 is 1.45 bits per heavy atom. The largest absolute Gasteiger partial charge is 0.475 e. The summed E-state index contributed by atoms with van der Waals surface area (Å²) in [6.45, 7) is 3.43. The van der Waals surface area contributed by atoms with E-state index in [-0.39, 0.29) is 42.1 Å². The number of hydrogen-bond acceptors (Lipinski definition) is 5. The van der Waals surface area contributed by atoms with Gasteiger partial charge in [0.05, 0.1) is 18.7 Å². The lowest BCUT2D eigenvalue weighted by molar-refractivity contribution is -0.137. The summed E-state index contributed by atoms with van der Waals surface area (Å²) in [6, 6.07) is 0.836. The Hall–Kier alpha value is -2.43. The van der Waals surface area contributed by atoms with Crippen molar-refractivity contribution in [3.63, 3.8) is 0 Å². The SMILES string of the molecule is CCOC(=O)N1CCC(NC(N)=NCCOc2ncc(C(F)(F)F)cc2Cl)CC1. The zero-order valence-electron chi connectivity index (χ0n) is 15.8. The molecule has 1 aromatic rings. The minimum Gasteiger partial charge on any atom is -0.475 e. The number of guanidine groups is 1. The Balaban J connectivity index is 1.72. The number of amides is 1. The smallest absolute Gasteiger partial charge is 0.417 e. The van der Waals surface area contributed by atoms with Gasteiger partial charge in [0.25, 0.3) is 0 Å². The van der Waals surface area contributed by atoms with Crippen LogP contribution in [-0.2, 0) is 10.9 Å².